The summed E-state index contributed by atoms with van der Waals surface area (Å²) in [4.78, 5) is 3.89. The van der Waals surface area contributed by atoms with Crippen LogP contribution in [0.1, 0.15) is 12.6 Å². The molecule has 4 nitrogen and oxygen atoms in total. The molecule has 0 aliphatic rings. The predicted octanol–water partition coefficient (Wildman–Crippen LogP) is 1.93. The normalized spacial score (nSPS) is 13.6. The van der Waals surface area contributed by atoms with Crippen LogP contribution in [0.15, 0.2) is 12.3 Å². The predicted molar refractivity (Wildman–Crippen MR) is 68.0 cm³/mol. The molecule has 0 saturated carbocycles. The van der Waals surface area contributed by atoms with Crippen LogP contribution in [-0.2, 0) is 15.6 Å². The Morgan fingerprint density at radius 1 is 1.47 bits per heavy atom. The van der Waals surface area contributed by atoms with Gasteiger partial charge in [0, 0.05) is 12.8 Å². The third kappa shape index (κ3) is 4.79. The van der Waals surface area contributed by atoms with Gasteiger partial charge in [-0.25, -0.2) is 8.42 Å². The van der Waals surface area contributed by atoms with Crippen molar-refractivity contribution in [2.45, 2.75) is 12.7 Å². The highest BCUT2D eigenvalue weighted by Crippen LogP contribution is 2.20. The van der Waals surface area contributed by atoms with Gasteiger partial charge in [0.25, 0.3) is 0 Å². The van der Waals surface area contributed by atoms with Gasteiger partial charge < -0.3 is 5.11 Å². The molecule has 0 aliphatic heterocycles. The Balaban J connectivity index is 2.83. The average Bonchev–Trinajstić information content (AvgIpc) is 2.21. The van der Waals surface area contributed by atoms with Crippen molar-refractivity contribution < 1.29 is 13.5 Å². The molecular formula is C10H13Cl2NO3S. The van der Waals surface area contributed by atoms with Crippen LogP contribution in [0.3, 0.4) is 0 Å². The number of nitrogens with zero attached hydrogens (tertiary/aromatic N) is 1. The Kier molecular flexibility index (Phi) is 5.19. The van der Waals surface area contributed by atoms with Crippen LogP contribution in [0, 0.1) is 5.92 Å². The first-order valence-corrected chi connectivity index (χ1v) is 7.53. The van der Waals surface area contributed by atoms with E-state index >= 15 is 0 Å². The highest BCUT2D eigenvalue weighted by atomic mass is 35.5. The third-order valence-corrected chi connectivity index (χ3v) is 4.41. The van der Waals surface area contributed by atoms with Gasteiger partial charge in [-0.1, -0.05) is 30.1 Å². The molecule has 7 heteroatoms. The molecule has 1 aromatic rings. The van der Waals surface area contributed by atoms with Crippen molar-refractivity contribution in [3.8, 4) is 0 Å². The molecule has 0 fully saturated rings. The Labute approximate surface area is 111 Å². The van der Waals surface area contributed by atoms with Crippen molar-refractivity contribution in [3.63, 3.8) is 0 Å². The van der Waals surface area contributed by atoms with Crippen molar-refractivity contribution in [1.29, 1.82) is 0 Å². The number of aliphatic hydroxyl groups is 1. The van der Waals surface area contributed by atoms with Gasteiger partial charge in [0.1, 0.15) is 0 Å². The molecule has 96 valence electrons. The minimum Gasteiger partial charge on any atom is -0.396 e. The quantitative estimate of drug-likeness (QED) is 0.902. The molecule has 0 spiro atoms. The molecule has 0 unspecified atom stereocenters. The van der Waals surface area contributed by atoms with Crippen LogP contribution < -0.4 is 0 Å². The lowest BCUT2D eigenvalue weighted by molar-refractivity contribution is 0.249. The van der Waals surface area contributed by atoms with Crippen LogP contribution in [0.5, 0.6) is 0 Å². The number of aromatic nitrogens is 1. The molecule has 1 N–H and O–H groups in total. The van der Waals surface area contributed by atoms with Crippen molar-refractivity contribution in [1.82, 2.24) is 4.98 Å². The first-order valence-electron chi connectivity index (χ1n) is 4.95. The van der Waals surface area contributed by atoms with E-state index in [2.05, 4.69) is 4.98 Å². The van der Waals surface area contributed by atoms with E-state index in [-0.39, 0.29) is 34.7 Å². The van der Waals surface area contributed by atoms with Gasteiger partial charge in [-0.3, -0.25) is 4.98 Å². The van der Waals surface area contributed by atoms with Crippen LogP contribution in [-0.4, -0.2) is 30.9 Å². The lowest BCUT2D eigenvalue weighted by atomic mass is 10.2. The molecule has 1 atom stereocenters. The van der Waals surface area contributed by atoms with E-state index in [0.717, 1.165) is 0 Å². The SMILES string of the molecule is C[C@@H](CO)CS(=O)(=O)Cc1ncc(Cl)cc1Cl. The Morgan fingerprint density at radius 3 is 2.65 bits per heavy atom. The number of sulfone groups is 1. The van der Waals surface area contributed by atoms with E-state index in [1.54, 1.807) is 6.92 Å². The maximum Gasteiger partial charge on any atom is 0.156 e. The van der Waals surface area contributed by atoms with E-state index in [4.69, 9.17) is 28.3 Å². The Bertz CT molecular complexity index is 490. The molecule has 1 heterocycles. The van der Waals surface area contributed by atoms with Gasteiger partial charge in [-0.2, -0.15) is 0 Å². The highest BCUT2D eigenvalue weighted by Gasteiger charge is 2.18. The van der Waals surface area contributed by atoms with Crippen LogP contribution in [0.25, 0.3) is 0 Å². The lowest BCUT2D eigenvalue weighted by Crippen LogP contribution is -2.18. The van der Waals surface area contributed by atoms with Gasteiger partial charge in [0.15, 0.2) is 9.84 Å². The molecule has 0 radical (unpaired) electrons. The fourth-order valence-electron chi connectivity index (χ4n) is 1.30. The van der Waals surface area contributed by atoms with E-state index in [1.165, 1.54) is 12.3 Å². The van der Waals surface area contributed by atoms with E-state index in [0.29, 0.717) is 5.02 Å². The molecule has 0 aromatic carbocycles. The fraction of sp³-hybridized carbons (Fsp3) is 0.500. The molecular weight excluding hydrogens is 285 g/mol. The molecule has 1 rings (SSSR count). The maximum atomic E-state index is 11.8. The van der Waals surface area contributed by atoms with E-state index in [1.807, 2.05) is 0 Å². The summed E-state index contributed by atoms with van der Waals surface area (Å²) in [5.74, 6) is -0.636. The number of aliphatic hydroxyl groups excluding tert-OH is 1. The number of hydrogen-bond acceptors (Lipinski definition) is 4. The summed E-state index contributed by atoms with van der Waals surface area (Å²) in [6, 6.07) is 1.45. The first kappa shape index (κ1) is 14.7. The molecule has 17 heavy (non-hydrogen) atoms. The van der Waals surface area contributed by atoms with Crippen molar-refractivity contribution in [3.05, 3.63) is 28.0 Å². The molecule has 0 amide bonds. The van der Waals surface area contributed by atoms with Crippen LogP contribution >= 0.6 is 23.2 Å². The van der Waals surface area contributed by atoms with Crippen molar-refractivity contribution in [2.75, 3.05) is 12.4 Å². The van der Waals surface area contributed by atoms with Crippen LogP contribution in [0.4, 0.5) is 0 Å². The largest absolute Gasteiger partial charge is 0.396 e. The summed E-state index contributed by atoms with van der Waals surface area (Å²) >= 11 is 11.5. The lowest BCUT2D eigenvalue weighted by Gasteiger charge is -2.09. The molecule has 1 aromatic heterocycles. The zero-order valence-corrected chi connectivity index (χ0v) is 11.6. The summed E-state index contributed by atoms with van der Waals surface area (Å²) < 4.78 is 23.5. The number of rotatable bonds is 5. The second-order valence-electron chi connectivity index (χ2n) is 3.92. The zero-order valence-electron chi connectivity index (χ0n) is 9.23. The molecule has 0 aliphatic carbocycles. The minimum absolute atomic E-state index is 0.0931. The zero-order chi connectivity index (χ0) is 13.1. The first-order chi connectivity index (χ1) is 7.84. The second kappa shape index (κ2) is 6.00. The summed E-state index contributed by atoms with van der Waals surface area (Å²) in [5, 5.41) is 9.43. The topological polar surface area (TPSA) is 67.3 Å². The minimum atomic E-state index is -3.33. The molecule has 0 saturated heterocycles. The number of hydrogen-bond donors (Lipinski definition) is 1. The Morgan fingerprint density at radius 2 is 2.12 bits per heavy atom. The summed E-state index contributed by atoms with van der Waals surface area (Å²) in [6.45, 7) is 1.50. The van der Waals surface area contributed by atoms with E-state index < -0.39 is 9.84 Å². The smallest absolute Gasteiger partial charge is 0.156 e. The number of halogens is 2. The monoisotopic (exact) mass is 297 g/mol. The summed E-state index contributed by atoms with van der Waals surface area (Å²) in [6.07, 6.45) is 1.35. The van der Waals surface area contributed by atoms with Crippen LogP contribution in [0.2, 0.25) is 10.0 Å². The van der Waals surface area contributed by atoms with Gasteiger partial charge >= 0.3 is 0 Å². The Hall–Kier alpha value is -0.360. The van der Waals surface area contributed by atoms with Gasteiger partial charge in [0.05, 0.1) is 27.2 Å². The second-order valence-corrected chi connectivity index (χ2v) is 6.88. The highest BCUT2D eigenvalue weighted by molar-refractivity contribution is 7.90. The van der Waals surface area contributed by atoms with Crippen molar-refractivity contribution in [2.24, 2.45) is 5.92 Å². The maximum absolute atomic E-state index is 11.8. The molecule has 0 bridgehead atoms. The summed E-state index contributed by atoms with van der Waals surface area (Å²) in [7, 11) is -3.33. The fourth-order valence-corrected chi connectivity index (χ4v) is 3.57. The third-order valence-electron chi connectivity index (χ3n) is 2.09. The number of pyridine rings is 1. The van der Waals surface area contributed by atoms with Crippen molar-refractivity contribution >= 4 is 33.0 Å². The van der Waals surface area contributed by atoms with Gasteiger partial charge in [-0.15, -0.1) is 0 Å². The summed E-state index contributed by atoms with van der Waals surface area (Å²) in [5.41, 5.74) is 0.279. The van der Waals surface area contributed by atoms with Gasteiger partial charge in [-0.05, 0) is 12.0 Å². The van der Waals surface area contributed by atoms with E-state index in [9.17, 15) is 8.42 Å². The standard InChI is InChI=1S/C10H13Cl2NO3S/c1-7(4-14)5-17(15,16)6-10-9(12)2-8(11)3-13-10/h2-3,7,14H,4-6H2,1H3/t7-/m0/s1. The average molecular weight is 298 g/mol. The van der Waals surface area contributed by atoms with Gasteiger partial charge in [0.2, 0.25) is 0 Å².